The van der Waals surface area contributed by atoms with Crippen LogP contribution < -0.4 is 15.1 Å². The van der Waals surface area contributed by atoms with Gasteiger partial charge in [0.25, 0.3) is 0 Å². The zero-order valence-corrected chi connectivity index (χ0v) is 14.3. The van der Waals surface area contributed by atoms with Gasteiger partial charge >= 0.3 is 0 Å². The molecular formula is C18H24N6O. The lowest BCUT2D eigenvalue weighted by molar-refractivity contribution is 0.122. The molecule has 0 aromatic carbocycles. The van der Waals surface area contributed by atoms with Gasteiger partial charge in [-0.15, -0.1) is 0 Å². The Labute approximate surface area is 148 Å². The Kier molecular flexibility index (Phi) is 4.92. The highest BCUT2D eigenvalue weighted by molar-refractivity contribution is 5.50. The summed E-state index contributed by atoms with van der Waals surface area (Å²) < 4.78 is 5.42. The molecule has 1 atom stereocenters. The molecule has 2 saturated heterocycles. The summed E-state index contributed by atoms with van der Waals surface area (Å²) in [6, 6.07) is 6.58. The molecule has 2 aliphatic rings. The number of pyridine rings is 1. The van der Waals surface area contributed by atoms with Crippen LogP contribution in [0, 0.1) is 0 Å². The Morgan fingerprint density at radius 3 is 2.72 bits per heavy atom. The van der Waals surface area contributed by atoms with Crippen molar-refractivity contribution >= 4 is 17.3 Å². The van der Waals surface area contributed by atoms with Crippen molar-refractivity contribution in [2.45, 2.75) is 18.9 Å². The summed E-state index contributed by atoms with van der Waals surface area (Å²) in [5.74, 6) is 1.88. The van der Waals surface area contributed by atoms with Crippen molar-refractivity contribution in [2.24, 2.45) is 0 Å². The summed E-state index contributed by atoms with van der Waals surface area (Å²) in [4.78, 5) is 17.6. The maximum absolute atomic E-state index is 5.42. The minimum absolute atomic E-state index is 0.384. The number of piperidine rings is 1. The zero-order valence-electron chi connectivity index (χ0n) is 14.3. The predicted molar refractivity (Wildman–Crippen MR) is 98.2 cm³/mol. The summed E-state index contributed by atoms with van der Waals surface area (Å²) in [6.07, 6.45) is 7.67. The van der Waals surface area contributed by atoms with Gasteiger partial charge in [-0.1, -0.05) is 0 Å². The summed E-state index contributed by atoms with van der Waals surface area (Å²) in [5.41, 5.74) is 1.23. The van der Waals surface area contributed by atoms with Crippen molar-refractivity contribution in [3.8, 4) is 0 Å². The summed E-state index contributed by atoms with van der Waals surface area (Å²) in [7, 11) is 0. The fraction of sp³-hybridized carbons (Fsp3) is 0.500. The number of hydrogen-bond acceptors (Lipinski definition) is 7. The Hall–Kier alpha value is -2.41. The number of rotatable bonds is 4. The lowest BCUT2D eigenvalue weighted by Crippen LogP contribution is -2.42. The maximum Gasteiger partial charge on any atom is 0.134 e. The van der Waals surface area contributed by atoms with Crippen molar-refractivity contribution in [1.82, 2.24) is 15.0 Å². The monoisotopic (exact) mass is 340 g/mol. The lowest BCUT2D eigenvalue weighted by atomic mass is 10.1. The smallest absolute Gasteiger partial charge is 0.134 e. The molecule has 1 N–H and O–H groups in total. The van der Waals surface area contributed by atoms with Gasteiger partial charge in [-0.05, 0) is 25.0 Å². The molecule has 2 aliphatic heterocycles. The van der Waals surface area contributed by atoms with E-state index in [4.69, 9.17) is 4.74 Å². The van der Waals surface area contributed by atoms with Gasteiger partial charge in [0.15, 0.2) is 0 Å². The third-order valence-electron chi connectivity index (χ3n) is 4.79. The number of anilines is 3. The number of ether oxygens (including phenoxy) is 1. The normalized spacial score (nSPS) is 21.2. The second-order valence-corrected chi connectivity index (χ2v) is 6.50. The summed E-state index contributed by atoms with van der Waals surface area (Å²) in [6.45, 7) is 5.35. The largest absolute Gasteiger partial charge is 0.378 e. The molecule has 0 spiro atoms. The molecule has 0 saturated carbocycles. The average Bonchev–Trinajstić information content (AvgIpc) is 2.70. The molecule has 7 nitrogen and oxygen atoms in total. The Balaban J connectivity index is 1.41. The molecule has 0 unspecified atom stereocenters. The van der Waals surface area contributed by atoms with Gasteiger partial charge in [-0.2, -0.15) is 0 Å². The van der Waals surface area contributed by atoms with Gasteiger partial charge in [-0.25, -0.2) is 9.97 Å². The van der Waals surface area contributed by atoms with E-state index in [0.29, 0.717) is 6.04 Å². The van der Waals surface area contributed by atoms with E-state index in [-0.39, 0.29) is 0 Å². The molecule has 25 heavy (non-hydrogen) atoms. The van der Waals surface area contributed by atoms with Gasteiger partial charge in [0.1, 0.15) is 18.0 Å². The SMILES string of the molecule is c1cc(N2CCC[C@@H](Nc3cc(N4CCOCC4)ncn3)C2)ccn1. The number of nitrogens with zero attached hydrogens (tertiary/aromatic N) is 5. The quantitative estimate of drug-likeness (QED) is 0.910. The highest BCUT2D eigenvalue weighted by atomic mass is 16.5. The molecule has 0 radical (unpaired) electrons. The number of morpholine rings is 1. The van der Waals surface area contributed by atoms with Gasteiger partial charge in [0, 0.05) is 56.4 Å². The van der Waals surface area contributed by atoms with Crippen LogP contribution in [0.1, 0.15) is 12.8 Å². The van der Waals surface area contributed by atoms with E-state index in [1.54, 1.807) is 6.33 Å². The van der Waals surface area contributed by atoms with E-state index in [2.05, 4.69) is 48.3 Å². The van der Waals surface area contributed by atoms with Crippen LogP contribution >= 0.6 is 0 Å². The Morgan fingerprint density at radius 1 is 1.04 bits per heavy atom. The molecule has 4 heterocycles. The predicted octanol–water partition coefficient (Wildman–Crippen LogP) is 1.79. The standard InChI is InChI=1S/C18H24N6O/c1-2-15(13-24(7-1)16-3-5-19-6-4-16)22-17-12-18(21-14-20-17)23-8-10-25-11-9-23/h3-6,12,14-15H,1-2,7-11,13H2,(H,20,21,22)/t15-/m1/s1. The van der Waals surface area contributed by atoms with E-state index < -0.39 is 0 Å². The number of hydrogen-bond donors (Lipinski definition) is 1. The molecule has 2 aromatic rings. The second-order valence-electron chi connectivity index (χ2n) is 6.50. The first kappa shape index (κ1) is 16.1. The second kappa shape index (κ2) is 7.65. The lowest BCUT2D eigenvalue weighted by Gasteiger charge is -2.35. The molecular weight excluding hydrogens is 316 g/mol. The first-order valence-corrected chi connectivity index (χ1v) is 8.95. The minimum Gasteiger partial charge on any atom is -0.378 e. The van der Waals surface area contributed by atoms with E-state index in [1.165, 1.54) is 12.1 Å². The highest BCUT2D eigenvalue weighted by Crippen LogP contribution is 2.22. The van der Waals surface area contributed by atoms with E-state index in [1.807, 2.05) is 12.4 Å². The molecule has 0 bridgehead atoms. The van der Waals surface area contributed by atoms with Crippen LogP contribution in [0.5, 0.6) is 0 Å². The van der Waals surface area contributed by atoms with Crippen molar-refractivity contribution in [3.05, 3.63) is 36.9 Å². The van der Waals surface area contributed by atoms with E-state index in [0.717, 1.165) is 57.4 Å². The van der Waals surface area contributed by atoms with E-state index in [9.17, 15) is 0 Å². The van der Waals surface area contributed by atoms with E-state index >= 15 is 0 Å². The molecule has 2 aromatic heterocycles. The molecule has 0 amide bonds. The van der Waals surface area contributed by atoms with Crippen LogP contribution in [0.25, 0.3) is 0 Å². The molecule has 4 rings (SSSR count). The fourth-order valence-electron chi connectivity index (χ4n) is 3.48. The molecule has 7 heteroatoms. The third kappa shape index (κ3) is 3.99. The van der Waals surface area contributed by atoms with Crippen LogP contribution in [-0.2, 0) is 4.74 Å². The summed E-state index contributed by atoms with van der Waals surface area (Å²) >= 11 is 0. The van der Waals surface area contributed by atoms with Gasteiger partial charge in [-0.3, -0.25) is 4.98 Å². The molecule has 2 fully saturated rings. The van der Waals surface area contributed by atoms with Crippen molar-refractivity contribution < 1.29 is 4.74 Å². The van der Waals surface area contributed by atoms with Crippen LogP contribution in [0.4, 0.5) is 17.3 Å². The van der Waals surface area contributed by atoms with Crippen LogP contribution in [0.2, 0.25) is 0 Å². The van der Waals surface area contributed by atoms with Crippen molar-refractivity contribution in [3.63, 3.8) is 0 Å². The van der Waals surface area contributed by atoms with Crippen LogP contribution in [0.3, 0.4) is 0 Å². The topological polar surface area (TPSA) is 66.4 Å². The first-order valence-electron chi connectivity index (χ1n) is 8.95. The Bertz CT molecular complexity index is 676. The van der Waals surface area contributed by atoms with Crippen LogP contribution in [-0.4, -0.2) is 60.4 Å². The summed E-state index contributed by atoms with van der Waals surface area (Å²) in [5, 5.41) is 3.59. The molecule has 132 valence electrons. The number of nitrogens with one attached hydrogen (secondary N) is 1. The molecule has 0 aliphatic carbocycles. The first-order chi connectivity index (χ1) is 12.4. The maximum atomic E-state index is 5.42. The fourth-order valence-corrected chi connectivity index (χ4v) is 3.48. The van der Waals surface area contributed by atoms with Gasteiger partial charge in [0.2, 0.25) is 0 Å². The van der Waals surface area contributed by atoms with Crippen molar-refractivity contribution in [1.29, 1.82) is 0 Å². The van der Waals surface area contributed by atoms with Crippen LogP contribution in [0.15, 0.2) is 36.9 Å². The minimum atomic E-state index is 0.384. The highest BCUT2D eigenvalue weighted by Gasteiger charge is 2.21. The average molecular weight is 340 g/mol. The van der Waals surface area contributed by atoms with Gasteiger partial charge in [0.05, 0.1) is 13.2 Å². The Morgan fingerprint density at radius 2 is 1.88 bits per heavy atom. The van der Waals surface area contributed by atoms with Crippen molar-refractivity contribution in [2.75, 3.05) is 54.5 Å². The third-order valence-corrected chi connectivity index (χ3v) is 4.79. The zero-order chi connectivity index (χ0) is 16.9. The number of aromatic nitrogens is 3. The van der Waals surface area contributed by atoms with Gasteiger partial charge < -0.3 is 19.9 Å².